The monoisotopic (exact) mass is 228 g/mol. The maximum absolute atomic E-state index is 9.31. The summed E-state index contributed by atoms with van der Waals surface area (Å²) in [7, 11) is 0. The van der Waals surface area contributed by atoms with Gasteiger partial charge >= 0.3 is 0 Å². The summed E-state index contributed by atoms with van der Waals surface area (Å²) in [5.41, 5.74) is 8.63. The second kappa shape index (κ2) is 5.25. The van der Waals surface area contributed by atoms with Crippen molar-refractivity contribution in [3.05, 3.63) is 54.1 Å². The molecule has 0 aromatic heterocycles. The van der Waals surface area contributed by atoms with Crippen molar-refractivity contribution in [2.45, 2.75) is 6.42 Å². The smallest absolute Gasteiger partial charge is 0.117 e. The van der Waals surface area contributed by atoms with E-state index in [9.17, 15) is 5.11 Å². The van der Waals surface area contributed by atoms with Crippen molar-refractivity contribution in [2.75, 3.05) is 17.6 Å². The SMILES string of the molecule is Nc1cccc(CCNc2cccc(O)c2)c1. The van der Waals surface area contributed by atoms with Crippen LogP contribution in [0.15, 0.2) is 48.5 Å². The summed E-state index contributed by atoms with van der Waals surface area (Å²) in [5.74, 6) is 0.277. The van der Waals surface area contributed by atoms with Crippen molar-refractivity contribution >= 4 is 11.4 Å². The van der Waals surface area contributed by atoms with E-state index in [1.54, 1.807) is 12.1 Å². The van der Waals surface area contributed by atoms with Gasteiger partial charge in [-0.25, -0.2) is 0 Å². The van der Waals surface area contributed by atoms with Gasteiger partial charge < -0.3 is 16.2 Å². The largest absolute Gasteiger partial charge is 0.508 e. The number of benzene rings is 2. The lowest BCUT2D eigenvalue weighted by Crippen LogP contribution is -2.04. The van der Waals surface area contributed by atoms with Crippen LogP contribution < -0.4 is 11.1 Å². The van der Waals surface area contributed by atoms with Crippen LogP contribution in [0.5, 0.6) is 5.75 Å². The van der Waals surface area contributed by atoms with Crippen LogP contribution in [0.25, 0.3) is 0 Å². The molecule has 4 N–H and O–H groups in total. The minimum absolute atomic E-state index is 0.277. The fourth-order valence-corrected chi connectivity index (χ4v) is 1.72. The molecule has 2 rings (SSSR count). The minimum Gasteiger partial charge on any atom is -0.508 e. The molecule has 0 atom stereocenters. The second-order valence-corrected chi connectivity index (χ2v) is 3.97. The molecule has 0 aliphatic heterocycles. The molecule has 0 amide bonds. The summed E-state index contributed by atoms with van der Waals surface area (Å²) in [4.78, 5) is 0. The molecule has 0 fully saturated rings. The Morgan fingerprint density at radius 2 is 1.88 bits per heavy atom. The molecule has 3 nitrogen and oxygen atoms in total. The fraction of sp³-hybridized carbons (Fsp3) is 0.143. The predicted molar refractivity (Wildman–Crippen MR) is 71.2 cm³/mol. The normalized spacial score (nSPS) is 10.1. The Labute approximate surface area is 101 Å². The van der Waals surface area contributed by atoms with Crippen LogP contribution in [-0.2, 0) is 6.42 Å². The van der Waals surface area contributed by atoms with Crippen LogP contribution in [0.2, 0.25) is 0 Å². The van der Waals surface area contributed by atoms with Gasteiger partial charge in [-0.1, -0.05) is 18.2 Å². The highest BCUT2D eigenvalue weighted by atomic mass is 16.3. The van der Waals surface area contributed by atoms with Crippen LogP contribution in [-0.4, -0.2) is 11.7 Å². The van der Waals surface area contributed by atoms with E-state index in [-0.39, 0.29) is 5.75 Å². The quantitative estimate of drug-likeness (QED) is 0.705. The number of aromatic hydroxyl groups is 1. The first-order chi connectivity index (χ1) is 8.24. The molecule has 0 saturated heterocycles. The van der Waals surface area contributed by atoms with Crippen LogP contribution in [0.4, 0.5) is 11.4 Å². The average molecular weight is 228 g/mol. The standard InChI is InChI=1S/C14H16N2O/c15-12-4-1-3-11(9-12)7-8-16-13-5-2-6-14(17)10-13/h1-6,9-10,16-17H,7-8,15H2. The number of nitrogens with two attached hydrogens (primary N) is 1. The van der Waals surface area contributed by atoms with E-state index in [0.29, 0.717) is 0 Å². The molecular weight excluding hydrogens is 212 g/mol. The lowest BCUT2D eigenvalue weighted by Gasteiger charge is -2.07. The van der Waals surface area contributed by atoms with Crippen LogP contribution in [0.3, 0.4) is 0 Å². The average Bonchev–Trinajstić information content (AvgIpc) is 2.29. The molecule has 0 saturated carbocycles. The zero-order valence-electron chi connectivity index (χ0n) is 9.56. The highest BCUT2D eigenvalue weighted by Crippen LogP contribution is 2.15. The molecule has 0 aliphatic rings. The van der Waals surface area contributed by atoms with Gasteiger partial charge in [0.2, 0.25) is 0 Å². The van der Waals surface area contributed by atoms with Gasteiger partial charge in [-0.2, -0.15) is 0 Å². The van der Waals surface area contributed by atoms with E-state index < -0.39 is 0 Å². The lowest BCUT2D eigenvalue weighted by molar-refractivity contribution is 0.475. The van der Waals surface area contributed by atoms with Gasteiger partial charge in [-0.15, -0.1) is 0 Å². The summed E-state index contributed by atoms with van der Waals surface area (Å²) in [5, 5.41) is 12.6. The molecule has 0 bridgehead atoms. The van der Waals surface area contributed by atoms with Gasteiger partial charge in [-0.3, -0.25) is 0 Å². The van der Waals surface area contributed by atoms with Crippen molar-refractivity contribution < 1.29 is 5.11 Å². The molecule has 88 valence electrons. The zero-order chi connectivity index (χ0) is 12.1. The van der Waals surface area contributed by atoms with E-state index in [2.05, 4.69) is 11.4 Å². The molecular formula is C14H16N2O. The predicted octanol–water partition coefficient (Wildman–Crippen LogP) is 2.63. The number of phenols is 1. The molecule has 0 unspecified atom stereocenters. The molecule has 3 heteroatoms. The maximum atomic E-state index is 9.31. The van der Waals surface area contributed by atoms with Crippen molar-refractivity contribution in [2.24, 2.45) is 0 Å². The van der Waals surface area contributed by atoms with E-state index >= 15 is 0 Å². The number of nitrogen functional groups attached to an aromatic ring is 1. The second-order valence-electron chi connectivity index (χ2n) is 3.97. The van der Waals surface area contributed by atoms with Gasteiger partial charge in [-0.05, 0) is 36.2 Å². The maximum Gasteiger partial charge on any atom is 0.117 e. The Morgan fingerprint density at radius 3 is 2.65 bits per heavy atom. The van der Waals surface area contributed by atoms with Crippen molar-refractivity contribution in [3.8, 4) is 5.75 Å². The summed E-state index contributed by atoms with van der Waals surface area (Å²) in [6.45, 7) is 0.812. The Balaban J connectivity index is 1.87. The van der Waals surface area contributed by atoms with Gasteiger partial charge in [0.1, 0.15) is 5.75 Å². The number of anilines is 2. The Bertz CT molecular complexity index is 452. The van der Waals surface area contributed by atoms with E-state index in [1.165, 1.54) is 5.56 Å². The minimum atomic E-state index is 0.277. The van der Waals surface area contributed by atoms with Gasteiger partial charge in [0.25, 0.3) is 0 Å². The lowest BCUT2D eigenvalue weighted by atomic mass is 10.1. The highest BCUT2D eigenvalue weighted by molar-refractivity contribution is 5.48. The van der Waals surface area contributed by atoms with Gasteiger partial charge in [0.05, 0.1) is 0 Å². The van der Waals surface area contributed by atoms with Crippen LogP contribution >= 0.6 is 0 Å². The Hall–Kier alpha value is -2.16. The topological polar surface area (TPSA) is 58.3 Å². The summed E-state index contributed by atoms with van der Waals surface area (Å²) >= 11 is 0. The molecule has 0 radical (unpaired) electrons. The fourth-order valence-electron chi connectivity index (χ4n) is 1.72. The molecule has 0 spiro atoms. The van der Waals surface area contributed by atoms with Crippen molar-refractivity contribution in [3.63, 3.8) is 0 Å². The summed E-state index contributed by atoms with van der Waals surface area (Å²) in [6.07, 6.45) is 0.903. The molecule has 17 heavy (non-hydrogen) atoms. The van der Waals surface area contributed by atoms with Crippen LogP contribution in [0, 0.1) is 0 Å². The number of rotatable bonds is 4. The third-order valence-electron chi connectivity index (χ3n) is 2.54. The molecule has 0 heterocycles. The Kier molecular flexibility index (Phi) is 3.50. The first kappa shape index (κ1) is 11.3. The third kappa shape index (κ3) is 3.41. The highest BCUT2D eigenvalue weighted by Gasteiger charge is 1.95. The number of nitrogens with one attached hydrogen (secondary N) is 1. The zero-order valence-corrected chi connectivity index (χ0v) is 9.56. The first-order valence-electron chi connectivity index (χ1n) is 5.61. The summed E-state index contributed by atoms with van der Waals surface area (Å²) in [6, 6.07) is 15.0. The molecule has 2 aromatic carbocycles. The van der Waals surface area contributed by atoms with E-state index in [0.717, 1.165) is 24.3 Å². The van der Waals surface area contributed by atoms with Crippen molar-refractivity contribution in [1.82, 2.24) is 0 Å². The van der Waals surface area contributed by atoms with Crippen molar-refractivity contribution in [1.29, 1.82) is 0 Å². The van der Waals surface area contributed by atoms with E-state index in [1.807, 2.05) is 30.3 Å². The number of hydrogen-bond acceptors (Lipinski definition) is 3. The van der Waals surface area contributed by atoms with Gasteiger partial charge in [0, 0.05) is 24.0 Å². The Morgan fingerprint density at radius 1 is 1.06 bits per heavy atom. The van der Waals surface area contributed by atoms with Crippen LogP contribution in [0.1, 0.15) is 5.56 Å². The van der Waals surface area contributed by atoms with E-state index in [4.69, 9.17) is 5.73 Å². The first-order valence-corrected chi connectivity index (χ1v) is 5.61. The number of phenolic OH excluding ortho intramolecular Hbond substituents is 1. The molecule has 0 aliphatic carbocycles. The summed E-state index contributed by atoms with van der Waals surface area (Å²) < 4.78 is 0. The number of hydrogen-bond donors (Lipinski definition) is 3. The van der Waals surface area contributed by atoms with Gasteiger partial charge in [0.15, 0.2) is 0 Å². The third-order valence-corrected chi connectivity index (χ3v) is 2.54. The molecule has 2 aromatic rings.